The first-order valence-electron chi connectivity index (χ1n) is 7.48. The molecule has 2 heterocycles. The van der Waals surface area contributed by atoms with Gasteiger partial charge in [-0.3, -0.25) is 10.1 Å². The third-order valence-electron chi connectivity index (χ3n) is 4.12. The normalized spacial score (nSPS) is 15.9. The molecule has 0 bridgehead atoms. The maximum absolute atomic E-state index is 11.8. The number of amides is 2. The van der Waals surface area contributed by atoms with E-state index in [1.54, 1.807) is 12.4 Å². The van der Waals surface area contributed by atoms with Crippen LogP contribution in [0.3, 0.4) is 0 Å². The smallest absolute Gasteiger partial charge is 0.315 e. The molecule has 2 amide bonds. The van der Waals surface area contributed by atoms with Crippen LogP contribution in [0.5, 0.6) is 0 Å². The molecule has 1 fully saturated rings. The molecule has 116 valence electrons. The highest BCUT2D eigenvalue weighted by atomic mass is 16.2. The molecule has 0 atom stereocenters. The van der Waals surface area contributed by atoms with E-state index >= 15 is 0 Å². The molecule has 0 unspecified atom stereocenters. The van der Waals surface area contributed by atoms with E-state index in [0.717, 1.165) is 12.1 Å². The molecule has 0 aromatic carbocycles. The van der Waals surface area contributed by atoms with E-state index in [1.165, 1.54) is 19.3 Å². The molecular formula is C15H20N6O. The lowest BCUT2D eigenvalue weighted by molar-refractivity contribution is 0.157. The summed E-state index contributed by atoms with van der Waals surface area (Å²) in [5.74, 6) is 1.22. The summed E-state index contributed by atoms with van der Waals surface area (Å²) in [7, 11) is 0. The monoisotopic (exact) mass is 300 g/mol. The lowest BCUT2D eigenvalue weighted by Gasteiger charge is -2.38. The molecule has 2 aromatic heterocycles. The van der Waals surface area contributed by atoms with Gasteiger partial charge in [0.25, 0.3) is 0 Å². The topological polar surface area (TPSA) is 95.6 Å². The van der Waals surface area contributed by atoms with Crippen LogP contribution in [-0.4, -0.2) is 32.7 Å². The van der Waals surface area contributed by atoms with E-state index in [1.807, 2.05) is 12.1 Å². The number of nitrogens with one attached hydrogen (secondary N) is 3. The van der Waals surface area contributed by atoms with Crippen molar-refractivity contribution in [2.24, 2.45) is 5.41 Å². The lowest BCUT2D eigenvalue weighted by Crippen LogP contribution is -2.44. The van der Waals surface area contributed by atoms with E-state index in [2.05, 4.69) is 37.7 Å². The van der Waals surface area contributed by atoms with Gasteiger partial charge in [-0.05, 0) is 30.4 Å². The average Bonchev–Trinajstić information content (AvgIpc) is 2.99. The highest BCUT2D eigenvalue weighted by molar-refractivity contribution is 5.73. The molecule has 0 aliphatic heterocycles. The summed E-state index contributed by atoms with van der Waals surface area (Å²) in [6.07, 6.45) is 7.02. The summed E-state index contributed by atoms with van der Waals surface area (Å²) in [5, 5.41) is 12.7. The highest BCUT2D eigenvalue weighted by Gasteiger charge is 2.31. The van der Waals surface area contributed by atoms with Gasteiger partial charge in [-0.1, -0.05) is 13.3 Å². The Bertz CT molecular complexity index is 634. The number of H-pyrrole nitrogens is 1. The largest absolute Gasteiger partial charge is 0.338 e. The Balaban J connectivity index is 1.47. The third-order valence-corrected chi connectivity index (χ3v) is 4.12. The minimum absolute atomic E-state index is 0.171. The Labute approximate surface area is 129 Å². The molecule has 7 nitrogen and oxygen atoms in total. The lowest BCUT2D eigenvalue weighted by atomic mass is 9.70. The van der Waals surface area contributed by atoms with Gasteiger partial charge in [-0.15, -0.1) is 0 Å². The minimum atomic E-state index is -0.171. The molecule has 7 heteroatoms. The summed E-state index contributed by atoms with van der Waals surface area (Å²) in [5.41, 5.74) is 1.16. The van der Waals surface area contributed by atoms with Crippen molar-refractivity contribution in [2.45, 2.75) is 32.7 Å². The molecule has 3 rings (SSSR count). The fourth-order valence-electron chi connectivity index (χ4n) is 2.48. The first-order chi connectivity index (χ1) is 10.6. The molecule has 0 radical (unpaired) electrons. The number of aromatic nitrogens is 4. The summed E-state index contributed by atoms with van der Waals surface area (Å²) < 4.78 is 0. The average molecular weight is 300 g/mol. The number of hydrogen-bond donors (Lipinski definition) is 3. The number of rotatable bonds is 5. The second-order valence-electron chi connectivity index (χ2n) is 6.04. The fraction of sp³-hybridized carbons (Fsp3) is 0.467. The van der Waals surface area contributed by atoms with Gasteiger partial charge in [-0.25, -0.2) is 9.78 Å². The van der Waals surface area contributed by atoms with Crippen LogP contribution in [0.15, 0.2) is 24.5 Å². The summed E-state index contributed by atoms with van der Waals surface area (Å²) in [6, 6.07) is 3.51. The minimum Gasteiger partial charge on any atom is -0.338 e. The van der Waals surface area contributed by atoms with Crippen LogP contribution in [0.4, 0.5) is 4.79 Å². The zero-order valence-electron chi connectivity index (χ0n) is 12.6. The van der Waals surface area contributed by atoms with Gasteiger partial charge >= 0.3 is 6.03 Å². The van der Waals surface area contributed by atoms with E-state index < -0.39 is 0 Å². The van der Waals surface area contributed by atoms with Crippen LogP contribution in [-0.2, 0) is 6.54 Å². The number of carbonyl (C=O) groups excluding carboxylic acids is 1. The SMILES string of the molecule is CC1(CNC(=O)NCc2nc(-c3ccncc3)n[nH]2)CCC1. The summed E-state index contributed by atoms with van der Waals surface area (Å²) in [6.45, 7) is 3.24. The Morgan fingerprint density at radius 2 is 2.09 bits per heavy atom. The first kappa shape index (κ1) is 14.5. The van der Waals surface area contributed by atoms with E-state index in [0.29, 0.717) is 18.2 Å². The Morgan fingerprint density at radius 3 is 2.77 bits per heavy atom. The van der Waals surface area contributed by atoms with E-state index in [9.17, 15) is 4.79 Å². The molecular weight excluding hydrogens is 280 g/mol. The number of pyridine rings is 1. The van der Waals surface area contributed by atoms with Crippen LogP contribution in [0.1, 0.15) is 32.0 Å². The van der Waals surface area contributed by atoms with Crippen molar-refractivity contribution in [2.75, 3.05) is 6.54 Å². The molecule has 1 aliphatic carbocycles. The van der Waals surface area contributed by atoms with Crippen LogP contribution in [0, 0.1) is 5.41 Å². The van der Waals surface area contributed by atoms with Gasteiger partial charge in [0.2, 0.25) is 0 Å². The molecule has 0 saturated heterocycles. The van der Waals surface area contributed by atoms with Crippen LogP contribution >= 0.6 is 0 Å². The zero-order chi connectivity index (χ0) is 15.4. The highest BCUT2D eigenvalue weighted by Crippen LogP contribution is 2.39. The van der Waals surface area contributed by atoms with Crippen molar-refractivity contribution in [3.63, 3.8) is 0 Å². The maximum Gasteiger partial charge on any atom is 0.315 e. The molecule has 2 aromatic rings. The Kier molecular flexibility index (Phi) is 4.04. The number of carbonyl (C=O) groups is 1. The van der Waals surface area contributed by atoms with Crippen molar-refractivity contribution in [3.8, 4) is 11.4 Å². The first-order valence-corrected chi connectivity index (χ1v) is 7.48. The van der Waals surface area contributed by atoms with E-state index in [-0.39, 0.29) is 11.4 Å². The zero-order valence-corrected chi connectivity index (χ0v) is 12.6. The van der Waals surface area contributed by atoms with Gasteiger partial charge in [0.05, 0.1) is 6.54 Å². The fourth-order valence-corrected chi connectivity index (χ4v) is 2.48. The summed E-state index contributed by atoms with van der Waals surface area (Å²) in [4.78, 5) is 20.1. The van der Waals surface area contributed by atoms with Crippen LogP contribution in [0.25, 0.3) is 11.4 Å². The molecule has 0 spiro atoms. The van der Waals surface area contributed by atoms with Gasteiger partial charge < -0.3 is 10.6 Å². The standard InChI is InChI=1S/C15H20N6O/c1-15(5-2-6-15)10-18-14(22)17-9-12-19-13(21-20-12)11-3-7-16-8-4-11/h3-4,7-8H,2,5-6,9-10H2,1H3,(H2,17,18,22)(H,19,20,21). The van der Waals surface area contributed by atoms with Crippen molar-refractivity contribution < 1.29 is 4.79 Å². The van der Waals surface area contributed by atoms with Crippen molar-refractivity contribution in [1.82, 2.24) is 30.8 Å². The Morgan fingerprint density at radius 1 is 1.32 bits per heavy atom. The molecule has 1 saturated carbocycles. The predicted octanol–water partition coefficient (Wildman–Crippen LogP) is 1.86. The number of aromatic amines is 1. The third kappa shape index (κ3) is 3.41. The van der Waals surface area contributed by atoms with Gasteiger partial charge in [0, 0.05) is 24.5 Å². The van der Waals surface area contributed by atoms with Crippen LogP contribution in [0.2, 0.25) is 0 Å². The quantitative estimate of drug-likeness (QED) is 0.785. The van der Waals surface area contributed by atoms with Crippen LogP contribution < -0.4 is 10.6 Å². The molecule has 1 aliphatic rings. The molecule has 3 N–H and O–H groups in total. The second-order valence-corrected chi connectivity index (χ2v) is 6.04. The number of hydrogen-bond acceptors (Lipinski definition) is 4. The van der Waals surface area contributed by atoms with Gasteiger partial charge in [0.15, 0.2) is 5.82 Å². The van der Waals surface area contributed by atoms with Crippen molar-refractivity contribution >= 4 is 6.03 Å². The van der Waals surface area contributed by atoms with Crippen molar-refractivity contribution in [3.05, 3.63) is 30.4 Å². The van der Waals surface area contributed by atoms with Gasteiger partial charge in [0.1, 0.15) is 5.82 Å². The second kappa shape index (κ2) is 6.13. The Hall–Kier alpha value is -2.44. The number of nitrogens with zero attached hydrogens (tertiary/aromatic N) is 3. The predicted molar refractivity (Wildman–Crippen MR) is 81.8 cm³/mol. The summed E-state index contributed by atoms with van der Waals surface area (Å²) >= 11 is 0. The molecule has 22 heavy (non-hydrogen) atoms. The van der Waals surface area contributed by atoms with E-state index in [4.69, 9.17) is 0 Å². The van der Waals surface area contributed by atoms with Crippen molar-refractivity contribution in [1.29, 1.82) is 0 Å². The number of urea groups is 1. The maximum atomic E-state index is 11.8. The van der Waals surface area contributed by atoms with Gasteiger partial charge in [-0.2, -0.15) is 5.10 Å².